The van der Waals surface area contributed by atoms with E-state index in [1.165, 1.54) is 0 Å². The fourth-order valence-electron chi connectivity index (χ4n) is 2.04. The van der Waals surface area contributed by atoms with E-state index < -0.39 is 0 Å². The van der Waals surface area contributed by atoms with Crippen molar-refractivity contribution in [2.75, 3.05) is 20.1 Å². The Morgan fingerprint density at radius 1 is 1.40 bits per heavy atom. The van der Waals surface area contributed by atoms with Gasteiger partial charge in [0.1, 0.15) is 0 Å². The van der Waals surface area contributed by atoms with E-state index >= 15 is 0 Å². The lowest BCUT2D eigenvalue weighted by Gasteiger charge is -2.22. The zero-order chi connectivity index (χ0) is 11.4. The number of amides is 1. The average Bonchev–Trinajstić information content (AvgIpc) is 2.65. The van der Waals surface area contributed by atoms with Crippen LogP contribution in [0.5, 0.6) is 0 Å². The number of nitrogens with one attached hydrogen (secondary N) is 2. The van der Waals surface area contributed by atoms with Crippen LogP contribution in [0.4, 0.5) is 0 Å². The first-order valence-corrected chi connectivity index (χ1v) is 5.76. The van der Waals surface area contributed by atoms with Crippen LogP contribution in [0.2, 0.25) is 0 Å². The second-order valence-corrected chi connectivity index (χ2v) is 4.58. The minimum absolute atomic E-state index is 0.0676. The highest BCUT2D eigenvalue weighted by Crippen LogP contribution is 2.12. The van der Waals surface area contributed by atoms with E-state index in [2.05, 4.69) is 29.4 Å². The number of hydrogen-bond acceptors (Lipinski definition) is 3. The molecular formula is C11H23N3O. The smallest absolute Gasteiger partial charge is 0.236 e. The van der Waals surface area contributed by atoms with E-state index in [1.807, 2.05) is 6.92 Å². The summed E-state index contributed by atoms with van der Waals surface area (Å²) in [7, 11) is 1.68. The number of carbonyl (C=O) groups is 1. The number of likely N-dealkylation sites (N-methyl/N-ethyl adjacent to an activating group) is 1. The van der Waals surface area contributed by atoms with Crippen molar-refractivity contribution in [3.05, 3.63) is 0 Å². The minimum atomic E-state index is -0.0906. The molecule has 0 aromatic carbocycles. The molecule has 1 fully saturated rings. The molecule has 15 heavy (non-hydrogen) atoms. The van der Waals surface area contributed by atoms with Gasteiger partial charge in [-0.15, -0.1) is 0 Å². The molecule has 0 bridgehead atoms. The largest absolute Gasteiger partial charge is 0.358 e. The highest BCUT2D eigenvalue weighted by Gasteiger charge is 2.26. The van der Waals surface area contributed by atoms with E-state index in [0.29, 0.717) is 12.1 Å². The monoisotopic (exact) mass is 213 g/mol. The van der Waals surface area contributed by atoms with Gasteiger partial charge in [-0.2, -0.15) is 0 Å². The van der Waals surface area contributed by atoms with Gasteiger partial charge in [-0.25, -0.2) is 0 Å². The van der Waals surface area contributed by atoms with Gasteiger partial charge in [0.15, 0.2) is 0 Å². The maximum atomic E-state index is 11.3. The molecule has 1 saturated heterocycles. The Balaban J connectivity index is 2.32. The maximum Gasteiger partial charge on any atom is 0.236 e. The predicted octanol–water partition coefficient (Wildman–Crippen LogP) is 0.193. The Bertz CT molecular complexity index is 218. The van der Waals surface area contributed by atoms with Gasteiger partial charge in [0.05, 0.1) is 6.04 Å². The number of nitrogens with zero attached hydrogens (tertiary/aromatic N) is 1. The van der Waals surface area contributed by atoms with Gasteiger partial charge in [-0.3, -0.25) is 9.69 Å². The fourth-order valence-corrected chi connectivity index (χ4v) is 2.04. The first-order chi connectivity index (χ1) is 7.04. The van der Waals surface area contributed by atoms with Crippen LogP contribution in [0.25, 0.3) is 0 Å². The Labute approximate surface area is 92.4 Å². The van der Waals surface area contributed by atoms with Gasteiger partial charge in [0.2, 0.25) is 5.91 Å². The molecule has 1 heterocycles. The molecule has 2 atom stereocenters. The van der Waals surface area contributed by atoms with Crippen molar-refractivity contribution in [1.82, 2.24) is 15.5 Å². The predicted molar refractivity (Wildman–Crippen MR) is 61.8 cm³/mol. The Morgan fingerprint density at radius 3 is 2.53 bits per heavy atom. The van der Waals surface area contributed by atoms with E-state index in [-0.39, 0.29) is 11.9 Å². The molecule has 88 valence electrons. The van der Waals surface area contributed by atoms with Gasteiger partial charge in [-0.1, -0.05) is 0 Å². The molecule has 4 nitrogen and oxygen atoms in total. The maximum absolute atomic E-state index is 11.3. The SMILES string of the molecule is CNC(=O)[C@@H](C)NC1CCN(C(C)C)C1. The Hall–Kier alpha value is -0.610. The molecule has 0 saturated carbocycles. The summed E-state index contributed by atoms with van der Waals surface area (Å²) in [6, 6.07) is 0.971. The lowest BCUT2D eigenvalue weighted by Crippen LogP contribution is -2.46. The van der Waals surface area contributed by atoms with Crippen LogP contribution < -0.4 is 10.6 Å². The summed E-state index contributed by atoms with van der Waals surface area (Å²) in [5.74, 6) is 0.0676. The molecule has 1 aliphatic rings. The molecule has 0 aromatic rings. The molecule has 0 radical (unpaired) electrons. The van der Waals surface area contributed by atoms with Gasteiger partial charge in [0, 0.05) is 25.7 Å². The van der Waals surface area contributed by atoms with Crippen LogP contribution in [-0.4, -0.2) is 49.1 Å². The summed E-state index contributed by atoms with van der Waals surface area (Å²) in [6.07, 6.45) is 1.14. The van der Waals surface area contributed by atoms with Crippen molar-refractivity contribution in [1.29, 1.82) is 0 Å². The third kappa shape index (κ3) is 3.47. The average molecular weight is 213 g/mol. The molecule has 1 unspecified atom stereocenters. The van der Waals surface area contributed by atoms with Crippen LogP contribution in [0.1, 0.15) is 27.2 Å². The zero-order valence-corrected chi connectivity index (χ0v) is 10.2. The summed E-state index contributed by atoms with van der Waals surface area (Å²) in [5, 5.41) is 6.02. The minimum Gasteiger partial charge on any atom is -0.358 e. The van der Waals surface area contributed by atoms with E-state index in [4.69, 9.17) is 0 Å². The van der Waals surface area contributed by atoms with Crippen LogP contribution in [0.15, 0.2) is 0 Å². The van der Waals surface area contributed by atoms with Crippen molar-refractivity contribution in [3.63, 3.8) is 0 Å². The first-order valence-electron chi connectivity index (χ1n) is 5.76. The van der Waals surface area contributed by atoms with Gasteiger partial charge >= 0.3 is 0 Å². The molecular weight excluding hydrogens is 190 g/mol. The molecule has 1 amide bonds. The van der Waals surface area contributed by atoms with Crippen molar-refractivity contribution in [2.24, 2.45) is 0 Å². The zero-order valence-electron chi connectivity index (χ0n) is 10.2. The standard InChI is InChI=1S/C11H23N3O/c1-8(2)14-6-5-10(7-14)13-9(3)11(15)12-4/h8-10,13H,5-7H2,1-4H3,(H,12,15)/t9-,10?/m1/s1. The van der Waals surface area contributed by atoms with Crippen LogP contribution in [0, 0.1) is 0 Å². The Kier molecular flexibility index (Phi) is 4.54. The van der Waals surface area contributed by atoms with Crippen molar-refractivity contribution >= 4 is 5.91 Å². The highest BCUT2D eigenvalue weighted by molar-refractivity contribution is 5.80. The van der Waals surface area contributed by atoms with Gasteiger partial charge in [-0.05, 0) is 33.7 Å². The third-order valence-electron chi connectivity index (χ3n) is 3.08. The van der Waals surface area contributed by atoms with Crippen LogP contribution in [0.3, 0.4) is 0 Å². The number of hydrogen-bond donors (Lipinski definition) is 2. The summed E-state index contributed by atoms with van der Waals surface area (Å²) in [6.45, 7) is 8.53. The summed E-state index contributed by atoms with van der Waals surface area (Å²) in [5.41, 5.74) is 0. The van der Waals surface area contributed by atoms with E-state index in [0.717, 1.165) is 19.5 Å². The number of rotatable bonds is 4. The first kappa shape index (κ1) is 12.5. The lowest BCUT2D eigenvalue weighted by atomic mass is 10.2. The Morgan fingerprint density at radius 2 is 2.07 bits per heavy atom. The number of carbonyl (C=O) groups excluding carboxylic acids is 1. The summed E-state index contributed by atoms with van der Waals surface area (Å²) >= 11 is 0. The molecule has 1 aliphatic heterocycles. The normalized spacial score (nSPS) is 24.5. The molecule has 1 rings (SSSR count). The second-order valence-electron chi connectivity index (χ2n) is 4.58. The van der Waals surface area contributed by atoms with E-state index in [1.54, 1.807) is 7.05 Å². The summed E-state index contributed by atoms with van der Waals surface area (Å²) < 4.78 is 0. The van der Waals surface area contributed by atoms with Crippen LogP contribution in [-0.2, 0) is 4.79 Å². The van der Waals surface area contributed by atoms with Crippen molar-refractivity contribution < 1.29 is 4.79 Å². The van der Waals surface area contributed by atoms with Gasteiger partial charge in [0.25, 0.3) is 0 Å². The third-order valence-corrected chi connectivity index (χ3v) is 3.08. The fraction of sp³-hybridized carbons (Fsp3) is 0.909. The van der Waals surface area contributed by atoms with E-state index in [9.17, 15) is 4.79 Å². The molecule has 0 aliphatic carbocycles. The molecule has 4 heteroatoms. The second kappa shape index (κ2) is 5.47. The quantitative estimate of drug-likeness (QED) is 0.701. The highest BCUT2D eigenvalue weighted by atomic mass is 16.2. The van der Waals surface area contributed by atoms with Crippen LogP contribution >= 0.6 is 0 Å². The van der Waals surface area contributed by atoms with Gasteiger partial charge < -0.3 is 10.6 Å². The topological polar surface area (TPSA) is 44.4 Å². The van der Waals surface area contributed by atoms with Crippen molar-refractivity contribution in [2.45, 2.75) is 45.3 Å². The molecule has 2 N–H and O–H groups in total. The number of likely N-dealkylation sites (tertiary alicyclic amines) is 1. The molecule has 0 spiro atoms. The molecule has 0 aromatic heterocycles. The summed E-state index contributed by atoms with van der Waals surface area (Å²) in [4.78, 5) is 13.8. The lowest BCUT2D eigenvalue weighted by molar-refractivity contribution is -0.122. The van der Waals surface area contributed by atoms with Crippen molar-refractivity contribution in [3.8, 4) is 0 Å².